The van der Waals surface area contributed by atoms with Gasteiger partial charge in [-0.15, -0.1) is 0 Å². The van der Waals surface area contributed by atoms with Crippen molar-refractivity contribution in [3.63, 3.8) is 0 Å². The highest BCUT2D eigenvalue weighted by atomic mass is 79.9. The molecule has 0 aromatic heterocycles. The summed E-state index contributed by atoms with van der Waals surface area (Å²) >= 11 is 15.4. The van der Waals surface area contributed by atoms with Gasteiger partial charge in [-0.3, -0.25) is 4.79 Å². The number of likely N-dealkylation sites (N-methyl/N-ethyl adjacent to an activating group) is 1. The second kappa shape index (κ2) is 9.83. The van der Waals surface area contributed by atoms with Crippen LogP contribution in [-0.4, -0.2) is 32.0 Å². The average molecular weight is 484 g/mol. The van der Waals surface area contributed by atoms with Crippen molar-refractivity contribution in [1.82, 2.24) is 4.90 Å². The van der Waals surface area contributed by atoms with Crippen LogP contribution in [-0.2, 0) is 11.4 Å². The van der Waals surface area contributed by atoms with Gasteiger partial charge in [-0.25, -0.2) is 0 Å². The van der Waals surface area contributed by atoms with Crippen molar-refractivity contribution in [3.05, 3.63) is 61.5 Å². The standard InChI is InChI=1S/C20H17BrCl2N2O3/c1-25(2)20(26)14(10-24)7-13-8-18(27-3)19(9-15(13)21)28-11-12-4-5-16(22)17(23)6-12/h4-9H,11H2,1-3H3/b14-7-. The van der Waals surface area contributed by atoms with Crippen LogP contribution in [0.4, 0.5) is 0 Å². The van der Waals surface area contributed by atoms with E-state index in [9.17, 15) is 10.1 Å². The van der Waals surface area contributed by atoms with Crippen LogP contribution in [0, 0.1) is 11.3 Å². The first-order valence-corrected chi connectivity index (χ1v) is 9.59. The van der Waals surface area contributed by atoms with Crippen molar-refractivity contribution >= 4 is 51.1 Å². The summed E-state index contributed by atoms with van der Waals surface area (Å²) in [7, 11) is 4.69. The summed E-state index contributed by atoms with van der Waals surface area (Å²) in [4.78, 5) is 13.4. The molecule has 0 unspecified atom stereocenters. The normalized spacial score (nSPS) is 11.0. The highest BCUT2D eigenvalue weighted by molar-refractivity contribution is 9.10. The summed E-state index contributed by atoms with van der Waals surface area (Å²) in [6.45, 7) is 0.261. The number of carbonyl (C=O) groups is 1. The summed E-state index contributed by atoms with van der Waals surface area (Å²) in [5.41, 5.74) is 1.47. The Morgan fingerprint density at radius 2 is 1.93 bits per heavy atom. The number of ether oxygens (including phenoxy) is 2. The lowest BCUT2D eigenvalue weighted by atomic mass is 10.1. The van der Waals surface area contributed by atoms with Crippen molar-refractivity contribution in [2.75, 3.05) is 21.2 Å². The molecule has 0 aliphatic carbocycles. The van der Waals surface area contributed by atoms with Gasteiger partial charge in [0.1, 0.15) is 18.2 Å². The fourth-order valence-corrected chi connectivity index (χ4v) is 3.02. The topological polar surface area (TPSA) is 62.6 Å². The minimum atomic E-state index is -0.381. The molecule has 0 saturated carbocycles. The zero-order valence-electron chi connectivity index (χ0n) is 15.4. The summed E-state index contributed by atoms with van der Waals surface area (Å²) in [5, 5.41) is 10.2. The van der Waals surface area contributed by atoms with E-state index in [2.05, 4.69) is 15.9 Å². The number of hydrogen-bond acceptors (Lipinski definition) is 4. The van der Waals surface area contributed by atoms with Gasteiger partial charge in [-0.2, -0.15) is 5.26 Å². The van der Waals surface area contributed by atoms with Gasteiger partial charge in [0.25, 0.3) is 5.91 Å². The van der Waals surface area contributed by atoms with Crippen LogP contribution in [0.25, 0.3) is 6.08 Å². The van der Waals surface area contributed by atoms with E-state index >= 15 is 0 Å². The van der Waals surface area contributed by atoms with Crippen LogP contribution in [0.15, 0.2) is 40.4 Å². The quantitative estimate of drug-likeness (QED) is 0.411. The summed E-state index contributed by atoms with van der Waals surface area (Å²) in [6, 6.07) is 10.6. The Bertz CT molecular complexity index is 969. The smallest absolute Gasteiger partial charge is 0.264 e. The second-order valence-electron chi connectivity index (χ2n) is 5.93. The van der Waals surface area contributed by atoms with E-state index in [1.54, 1.807) is 38.4 Å². The van der Waals surface area contributed by atoms with Gasteiger partial charge in [0.05, 0.1) is 17.2 Å². The largest absolute Gasteiger partial charge is 0.493 e. The molecule has 0 radical (unpaired) electrons. The first kappa shape index (κ1) is 22.1. The minimum Gasteiger partial charge on any atom is -0.493 e. The first-order valence-electron chi connectivity index (χ1n) is 8.04. The first-order chi connectivity index (χ1) is 13.3. The summed E-state index contributed by atoms with van der Waals surface area (Å²) in [6.07, 6.45) is 1.50. The fourth-order valence-electron chi connectivity index (χ4n) is 2.26. The molecule has 0 aliphatic heterocycles. The molecule has 0 atom stereocenters. The number of nitriles is 1. The van der Waals surface area contributed by atoms with Crippen LogP contribution >= 0.6 is 39.1 Å². The van der Waals surface area contributed by atoms with Gasteiger partial charge in [0, 0.05) is 18.6 Å². The predicted molar refractivity (Wildman–Crippen MR) is 114 cm³/mol. The molecule has 0 aliphatic rings. The molecular formula is C20H17BrCl2N2O3. The molecule has 2 aromatic rings. The Morgan fingerprint density at radius 3 is 2.50 bits per heavy atom. The van der Waals surface area contributed by atoms with E-state index in [-0.39, 0.29) is 18.1 Å². The molecule has 2 rings (SSSR count). The average Bonchev–Trinajstić information content (AvgIpc) is 2.67. The second-order valence-corrected chi connectivity index (χ2v) is 7.60. The van der Waals surface area contributed by atoms with Crippen LogP contribution in [0.5, 0.6) is 11.5 Å². The summed E-state index contributed by atoms with van der Waals surface area (Å²) in [5.74, 6) is 0.576. The lowest BCUT2D eigenvalue weighted by molar-refractivity contribution is -0.124. The molecule has 0 fully saturated rings. The zero-order valence-corrected chi connectivity index (χ0v) is 18.5. The Hall–Kier alpha value is -2.20. The van der Waals surface area contributed by atoms with E-state index in [0.29, 0.717) is 31.6 Å². The maximum atomic E-state index is 12.1. The van der Waals surface area contributed by atoms with E-state index in [1.807, 2.05) is 12.1 Å². The van der Waals surface area contributed by atoms with Gasteiger partial charge in [-0.1, -0.05) is 45.2 Å². The van der Waals surface area contributed by atoms with Gasteiger partial charge >= 0.3 is 0 Å². The van der Waals surface area contributed by atoms with E-state index in [0.717, 1.165) is 5.56 Å². The Balaban J connectivity index is 2.31. The Morgan fingerprint density at radius 1 is 1.21 bits per heavy atom. The number of carbonyl (C=O) groups excluding carboxylic acids is 1. The van der Waals surface area contributed by atoms with Crippen molar-refractivity contribution in [1.29, 1.82) is 5.26 Å². The van der Waals surface area contributed by atoms with Crippen molar-refractivity contribution in [2.45, 2.75) is 6.61 Å². The van der Waals surface area contributed by atoms with Crippen molar-refractivity contribution in [3.8, 4) is 17.6 Å². The van der Waals surface area contributed by atoms with Crippen molar-refractivity contribution < 1.29 is 14.3 Å². The van der Waals surface area contributed by atoms with Gasteiger partial charge < -0.3 is 14.4 Å². The number of rotatable bonds is 6. The van der Waals surface area contributed by atoms with Crippen LogP contribution < -0.4 is 9.47 Å². The molecule has 146 valence electrons. The third-order valence-corrected chi connectivity index (χ3v) is 5.14. The lowest BCUT2D eigenvalue weighted by Crippen LogP contribution is -2.22. The molecular weight excluding hydrogens is 467 g/mol. The van der Waals surface area contributed by atoms with Gasteiger partial charge in [0.15, 0.2) is 11.5 Å². The monoisotopic (exact) mass is 482 g/mol. The zero-order chi connectivity index (χ0) is 20.8. The number of amides is 1. The molecule has 0 bridgehead atoms. The van der Waals surface area contributed by atoms with E-state index in [1.165, 1.54) is 18.1 Å². The molecule has 0 spiro atoms. The molecule has 2 aromatic carbocycles. The fraction of sp³-hybridized carbons (Fsp3) is 0.200. The van der Waals surface area contributed by atoms with Gasteiger partial charge in [0.2, 0.25) is 0 Å². The molecule has 0 heterocycles. The van der Waals surface area contributed by atoms with E-state index < -0.39 is 0 Å². The molecule has 0 saturated heterocycles. The molecule has 0 N–H and O–H groups in total. The number of nitrogens with zero attached hydrogens (tertiary/aromatic N) is 2. The van der Waals surface area contributed by atoms with Crippen LogP contribution in [0.3, 0.4) is 0 Å². The maximum Gasteiger partial charge on any atom is 0.264 e. The van der Waals surface area contributed by atoms with E-state index in [4.69, 9.17) is 32.7 Å². The number of halogens is 3. The van der Waals surface area contributed by atoms with Crippen molar-refractivity contribution in [2.24, 2.45) is 0 Å². The molecule has 5 nitrogen and oxygen atoms in total. The lowest BCUT2D eigenvalue weighted by Gasteiger charge is -2.14. The number of benzene rings is 2. The maximum absolute atomic E-state index is 12.1. The molecule has 28 heavy (non-hydrogen) atoms. The Labute approximate surface area is 182 Å². The number of methoxy groups -OCH3 is 1. The van der Waals surface area contributed by atoms with Gasteiger partial charge in [-0.05, 0) is 41.5 Å². The highest BCUT2D eigenvalue weighted by Crippen LogP contribution is 2.35. The van der Waals surface area contributed by atoms with Crippen LogP contribution in [0.1, 0.15) is 11.1 Å². The SMILES string of the molecule is COc1cc(/C=C(/C#N)C(=O)N(C)C)c(Br)cc1OCc1ccc(Cl)c(Cl)c1. The Kier molecular flexibility index (Phi) is 7.76. The number of hydrogen-bond donors (Lipinski definition) is 0. The molecule has 8 heteroatoms. The summed E-state index contributed by atoms with van der Waals surface area (Å²) < 4.78 is 11.9. The minimum absolute atomic E-state index is 0.0113. The molecule has 1 amide bonds. The van der Waals surface area contributed by atoms with Crippen LogP contribution in [0.2, 0.25) is 10.0 Å². The predicted octanol–water partition coefficient (Wildman–Crippen LogP) is 5.34. The third-order valence-electron chi connectivity index (χ3n) is 3.72. The highest BCUT2D eigenvalue weighted by Gasteiger charge is 2.15. The third kappa shape index (κ3) is 5.41.